The van der Waals surface area contributed by atoms with Crippen LogP contribution in [0, 0.1) is 6.92 Å². The van der Waals surface area contributed by atoms with Crippen molar-refractivity contribution >= 4 is 35.0 Å². The summed E-state index contributed by atoms with van der Waals surface area (Å²) in [5, 5.41) is 13.0. The summed E-state index contributed by atoms with van der Waals surface area (Å²) in [6.45, 7) is 7.63. The van der Waals surface area contributed by atoms with Crippen molar-refractivity contribution in [3.05, 3.63) is 34.6 Å². The number of aromatic nitrogens is 3. The first kappa shape index (κ1) is 20.2. The predicted octanol–water partition coefficient (Wildman–Crippen LogP) is 4.27. The van der Waals surface area contributed by atoms with Gasteiger partial charge >= 0.3 is 0 Å². The molecule has 8 heteroatoms. The average molecular weight is 409 g/mol. The van der Waals surface area contributed by atoms with Gasteiger partial charge in [-0.25, -0.2) is 0 Å². The SMILES string of the molecule is Cc1c(Cl)cccc1NC(=O)CSc1nnc(C(C)C)n1CC1CCCO1. The highest BCUT2D eigenvalue weighted by molar-refractivity contribution is 7.99. The van der Waals surface area contributed by atoms with Crippen LogP contribution in [0.5, 0.6) is 0 Å². The average Bonchev–Trinajstić information content (AvgIpc) is 3.27. The summed E-state index contributed by atoms with van der Waals surface area (Å²) in [7, 11) is 0. The summed E-state index contributed by atoms with van der Waals surface area (Å²) < 4.78 is 7.87. The summed E-state index contributed by atoms with van der Waals surface area (Å²) in [6.07, 6.45) is 2.34. The van der Waals surface area contributed by atoms with Crippen molar-refractivity contribution in [1.29, 1.82) is 0 Å². The molecule has 1 fully saturated rings. The lowest BCUT2D eigenvalue weighted by Crippen LogP contribution is -2.19. The van der Waals surface area contributed by atoms with Crippen molar-refractivity contribution in [3.63, 3.8) is 0 Å². The number of hydrogen-bond acceptors (Lipinski definition) is 5. The molecule has 27 heavy (non-hydrogen) atoms. The quantitative estimate of drug-likeness (QED) is 0.692. The van der Waals surface area contributed by atoms with Gasteiger partial charge < -0.3 is 14.6 Å². The van der Waals surface area contributed by atoms with Gasteiger partial charge in [-0.05, 0) is 37.5 Å². The van der Waals surface area contributed by atoms with Gasteiger partial charge in [0, 0.05) is 23.2 Å². The van der Waals surface area contributed by atoms with Crippen molar-refractivity contribution in [2.45, 2.75) is 57.3 Å². The van der Waals surface area contributed by atoms with Crippen LogP contribution in [0.1, 0.15) is 44.0 Å². The van der Waals surface area contributed by atoms with Crippen LogP contribution < -0.4 is 5.32 Å². The molecule has 146 valence electrons. The van der Waals surface area contributed by atoms with E-state index in [9.17, 15) is 4.79 Å². The smallest absolute Gasteiger partial charge is 0.234 e. The monoisotopic (exact) mass is 408 g/mol. The number of anilines is 1. The Morgan fingerprint density at radius 2 is 2.26 bits per heavy atom. The van der Waals surface area contributed by atoms with E-state index in [1.807, 2.05) is 25.1 Å². The number of rotatable bonds is 7. The van der Waals surface area contributed by atoms with Crippen molar-refractivity contribution in [2.75, 3.05) is 17.7 Å². The lowest BCUT2D eigenvalue weighted by molar-refractivity contribution is -0.113. The fraction of sp³-hybridized carbons (Fsp3) is 0.526. The van der Waals surface area contributed by atoms with Crippen LogP contribution in [0.25, 0.3) is 0 Å². The van der Waals surface area contributed by atoms with E-state index in [2.05, 4.69) is 33.9 Å². The van der Waals surface area contributed by atoms with Gasteiger partial charge in [0.15, 0.2) is 5.16 Å². The van der Waals surface area contributed by atoms with Gasteiger partial charge in [0.05, 0.1) is 18.4 Å². The summed E-state index contributed by atoms with van der Waals surface area (Å²) in [5.41, 5.74) is 1.60. The van der Waals surface area contributed by atoms with Crippen molar-refractivity contribution in [1.82, 2.24) is 14.8 Å². The van der Waals surface area contributed by atoms with Crippen LogP contribution in [0.3, 0.4) is 0 Å². The maximum absolute atomic E-state index is 12.4. The highest BCUT2D eigenvalue weighted by Gasteiger charge is 2.22. The molecule has 1 atom stereocenters. The zero-order valence-electron chi connectivity index (χ0n) is 15.9. The molecule has 6 nitrogen and oxygen atoms in total. The molecule has 1 N–H and O–H groups in total. The first-order valence-corrected chi connectivity index (χ1v) is 10.5. The molecule has 1 saturated heterocycles. The molecule has 1 aromatic carbocycles. The van der Waals surface area contributed by atoms with Crippen LogP contribution in [0.2, 0.25) is 5.02 Å². The zero-order chi connectivity index (χ0) is 19.4. The normalized spacial score (nSPS) is 16.9. The summed E-state index contributed by atoms with van der Waals surface area (Å²) in [4.78, 5) is 12.4. The molecule has 1 aliphatic rings. The highest BCUT2D eigenvalue weighted by Crippen LogP contribution is 2.26. The van der Waals surface area contributed by atoms with Gasteiger partial charge in [0.2, 0.25) is 5.91 Å². The second kappa shape index (κ2) is 9.08. The molecule has 2 heterocycles. The van der Waals surface area contributed by atoms with E-state index < -0.39 is 0 Å². The first-order chi connectivity index (χ1) is 13.0. The van der Waals surface area contributed by atoms with E-state index in [4.69, 9.17) is 16.3 Å². The summed E-state index contributed by atoms with van der Waals surface area (Å²) >= 11 is 7.51. The molecule has 1 amide bonds. The van der Waals surface area contributed by atoms with E-state index in [0.717, 1.165) is 48.2 Å². The van der Waals surface area contributed by atoms with Gasteiger partial charge in [-0.1, -0.05) is 43.3 Å². The Morgan fingerprint density at radius 3 is 2.96 bits per heavy atom. The van der Waals surface area contributed by atoms with Gasteiger partial charge in [0.1, 0.15) is 5.82 Å². The lowest BCUT2D eigenvalue weighted by Gasteiger charge is -2.16. The third-order valence-corrected chi connectivity index (χ3v) is 5.92. The molecule has 1 aliphatic heterocycles. The number of carbonyl (C=O) groups excluding carboxylic acids is 1. The standard InChI is InChI=1S/C19H25ClN4O2S/c1-12(2)18-22-23-19(24(18)10-14-6-5-9-26-14)27-11-17(25)21-16-8-4-7-15(20)13(16)3/h4,7-8,12,14H,5-6,9-11H2,1-3H3,(H,21,25). The summed E-state index contributed by atoms with van der Waals surface area (Å²) in [6, 6.07) is 5.48. The molecule has 0 radical (unpaired) electrons. The first-order valence-electron chi connectivity index (χ1n) is 9.18. The molecular formula is C19H25ClN4O2S. The minimum atomic E-state index is -0.0943. The Hall–Kier alpha value is -1.57. The van der Waals surface area contributed by atoms with E-state index >= 15 is 0 Å². The number of benzene rings is 1. The van der Waals surface area contributed by atoms with Crippen LogP contribution in [0.15, 0.2) is 23.4 Å². The second-order valence-electron chi connectivity index (χ2n) is 6.99. The van der Waals surface area contributed by atoms with Crippen molar-refractivity contribution in [2.24, 2.45) is 0 Å². The second-order valence-corrected chi connectivity index (χ2v) is 8.34. The molecule has 0 saturated carbocycles. The van der Waals surface area contributed by atoms with Crippen molar-refractivity contribution < 1.29 is 9.53 Å². The fourth-order valence-electron chi connectivity index (χ4n) is 3.06. The molecule has 2 aromatic rings. The van der Waals surface area contributed by atoms with Gasteiger partial charge in [0.25, 0.3) is 0 Å². The van der Waals surface area contributed by atoms with Gasteiger partial charge in [-0.15, -0.1) is 10.2 Å². The molecule has 3 rings (SSSR count). The number of nitrogens with zero attached hydrogens (tertiary/aromatic N) is 3. The van der Waals surface area contributed by atoms with Crippen LogP contribution in [-0.4, -0.2) is 39.1 Å². The molecule has 0 bridgehead atoms. The van der Waals surface area contributed by atoms with E-state index in [1.54, 1.807) is 0 Å². The number of carbonyl (C=O) groups is 1. The van der Waals surface area contributed by atoms with Crippen LogP contribution in [-0.2, 0) is 16.1 Å². The number of hydrogen-bond donors (Lipinski definition) is 1. The number of thioether (sulfide) groups is 1. The van der Waals surface area contributed by atoms with E-state index in [1.165, 1.54) is 11.8 Å². The van der Waals surface area contributed by atoms with Crippen LogP contribution in [0.4, 0.5) is 5.69 Å². The molecule has 1 unspecified atom stereocenters. The Balaban J connectivity index is 1.66. The van der Waals surface area contributed by atoms with Crippen LogP contribution >= 0.6 is 23.4 Å². The predicted molar refractivity (Wildman–Crippen MR) is 109 cm³/mol. The maximum atomic E-state index is 12.4. The minimum absolute atomic E-state index is 0.0943. The summed E-state index contributed by atoms with van der Waals surface area (Å²) in [5.74, 6) is 1.35. The number of halogens is 1. The third kappa shape index (κ3) is 5.03. The fourth-order valence-corrected chi connectivity index (χ4v) is 3.99. The zero-order valence-corrected chi connectivity index (χ0v) is 17.4. The minimum Gasteiger partial charge on any atom is -0.376 e. The van der Waals surface area contributed by atoms with E-state index in [-0.39, 0.29) is 23.7 Å². The number of nitrogens with one attached hydrogen (secondary N) is 1. The van der Waals surface area contributed by atoms with Crippen molar-refractivity contribution in [3.8, 4) is 0 Å². The van der Waals surface area contributed by atoms with E-state index in [0.29, 0.717) is 5.02 Å². The number of ether oxygens (including phenoxy) is 1. The molecule has 1 aromatic heterocycles. The topological polar surface area (TPSA) is 69.0 Å². The lowest BCUT2D eigenvalue weighted by atomic mass is 10.2. The maximum Gasteiger partial charge on any atom is 0.234 e. The third-order valence-electron chi connectivity index (χ3n) is 4.55. The molecular weight excluding hydrogens is 384 g/mol. The Kier molecular flexibility index (Phi) is 6.78. The molecule has 0 aliphatic carbocycles. The molecule has 0 spiro atoms. The highest BCUT2D eigenvalue weighted by atomic mass is 35.5. The van der Waals surface area contributed by atoms with Gasteiger partial charge in [-0.2, -0.15) is 0 Å². The Bertz CT molecular complexity index is 803. The Labute approximate surface area is 169 Å². The number of amides is 1. The van der Waals surface area contributed by atoms with Gasteiger partial charge in [-0.3, -0.25) is 4.79 Å². The Morgan fingerprint density at radius 1 is 1.44 bits per heavy atom. The largest absolute Gasteiger partial charge is 0.376 e.